The zero-order valence-electron chi connectivity index (χ0n) is 10.1. The molecule has 0 atom stereocenters. The number of phenols is 1. The SMILES string of the molecule is CCCCOc1c(O)cc(C(=O)O)c(C(=O)O)c1Br. The second kappa shape index (κ2) is 6.42. The van der Waals surface area contributed by atoms with E-state index in [4.69, 9.17) is 14.9 Å². The third-order valence-corrected chi connectivity index (χ3v) is 3.15. The van der Waals surface area contributed by atoms with E-state index < -0.39 is 28.8 Å². The minimum Gasteiger partial charge on any atom is -0.504 e. The highest BCUT2D eigenvalue weighted by molar-refractivity contribution is 9.10. The second-order valence-electron chi connectivity index (χ2n) is 3.77. The number of carbonyl (C=O) groups is 2. The Morgan fingerprint density at radius 3 is 2.42 bits per heavy atom. The van der Waals surface area contributed by atoms with Crippen molar-refractivity contribution in [2.45, 2.75) is 19.8 Å². The van der Waals surface area contributed by atoms with E-state index in [-0.39, 0.29) is 10.2 Å². The number of hydrogen-bond donors (Lipinski definition) is 3. The van der Waals surface area contributed by atoms with Crippen LogP contribution in [0.2, 0.25) is 0 Å². The molecule has 3 N–H and O–H groups in total. The Morgan fingerprint density at radius 1 is 1.32 bits per heavy atom. The average molecular weight is 333 g/mol. The fraction of sp³-hybridized carbons (Fsp3) is 0.333. The van der Waals surface area contributed by atoms with E-state index in [0.29, 0.717) is 6.61 Å². The number of aromatic hydroxyl groups is 1. The summed E-state index contributed by atoms with van der Waals surface area (Å²) in [5, 5.41) is 27.7. The first-order valence-corrected chi connectivity index (χ1v) is 6.34. The Bertz CT molecular complexity index is 511. The van der Waals surface area contributed by atoms with Crippen LogP contribution in [-0.4, -0.2) is 33.9 Å². The summed E-state index contributed by atoms with van der Waals surface area (Å²) >= 11 is 2.97. The smallest absolute Gasteiger partial charge is 0.337 e. The lowest BCUT2D eigenvalue weighted by Crippen LogP contribution is -2.10. The molecule has 6 nitrogen and oxygen atoms in total. The van der Waals surface area contributed by atoms with Crippen molar-refractivity contribution < 1.29 is 29.6 Å². The molecule has 0 unspecified atom stereocenters. The first-order valence-electron chi connectivity index (χ1n) is 5.55. The Hall–Kier alpha value is -1.76. The van der Waals surface area contributed by atoms with E-state index in [2.05, 4.69) is 15.9 Å². The fourth-order valence-electron chi connectivity index (χ4n) is 1.45. The fourth-order valence-corrected chi connectivity index (χ4v) is 2.15. The molecule has 0 fully saturated rings. The van der Waals surface area contributed by atoms with Crippen molar-refractivity contribution in [3.8, 4) is 11.5 Å². The van der Waals surface area contributed by atoms with Crippen LogP contribution in [0.15, 0.2) is 10.5 Å². The lowest BCUT2D eigenvalue weighted by molar-refractivity contribution is 0.0649. The standard InChI is InChI=1S/C12H13BrO6/c1-2-3-4-19-10-7(14)5-6(11(15)16)8(9(10)13)12(17)18/h5,14H,2-4H2,1H3,(H,15,16)(H,17,18). The predicted octanol–water partition coefficient (Wildman–Crippen LogP) is 2.73. The van der Waals surface area contributed by atoms with Gasteiger partial charge in [-0.05, 0) is 28.4 Å². The van der Waals surface area contributed by atoms with Crippen molar-refractivity contribution in [1.29, 1.82) is 0 Å². The highest BCUT2D eigenvalue weighted by Gasteiger charge is 2.25. The lowest BCUT2D eigenvalue weighted by atomic mass is 10.1. The highest BCUT2D eigenvalue weighted by Crippen LogP contribution is 2.39. The van der Waals surface area contributed by atoms with E-state index in [0.717, 1.165) is 18.9 Å². The van der Waals surface area contributed by atoms with Crippen molar-refractivity contribution in [3.05, 3.63) is 21.7 Å². The summed E-state index contributed by atoms with van der Waals surface area (Å²) in [5.74, 6) is -3.32. The number of benzene rings is 1. The summed E-state index contributed by atoms with van der Waals surface area (Å²) < 4.78 is 5.20. The quantitative estimate of drug-likeness (QED) is 0.692. The third-order valence-electron chi connectivity index (χ3n) is 2.39. The number of phenolic OH excluding ortho intramolecular Hbond substituents is 1. The summed E-state index contributed by atoms with van der Waals surface area (Å²) in [5.41, 5.74) is -0.948. The molecule has 7 heteroatoms. The van der Waals surface area contributed by atoms with Gasteiger partial charge >= 0.3 is 11.9 Å². The highest BCUT2D eigenvalue weighted by atomic mass is 79.9. The first kappa shape index (κ1) is 15.3. The number of ether oxygens (including phenoxy) is 1. The Labute approximate surface area is 117 Å². The Morgan fingerprint density at radius 2 is 1.95 bits per heavy atom. The molecule has 0 spiro atoms. The van der Waals surface area contributed by atoms with Gasteiger partial charge < -0.3 is 20.1 Å². The number of hydrogen-bond acceptors (Lipinski definition) is 4. The van der Waals surface area contributed by atoms with Crippen LogP contribution in [-0.2, 0) is 0 Å². The summed E-state index contributed by atoms with van der Waals surface area (Å²) in [4.78, 5) is 22.1. The number of carboxylic acid groups (broad SMARTS) is 2. The van der Waals surface area contributed by atoms with Crippen molar-refractivity contribution >= 4 is 27.9 Å². The van der Waals surface area contributed by atoms with Crippen LogP contribution in [0.3, 0.4) is 0 Å². The predicted molar refractivity (Wildman–Crippen MR) is 70.1 cm³/mol. The zero-order chi connectivity index (χ0) is 14.6. The molecule has 0 aliphatic carbocycles. The van der Waals surface area contributed by atoms with E-state index in [9.17, 15) is 14.7 Å². The molecule has 0 bridgehead atoms. The summed E-state index contributed by atoms with van der Waals surface area (Å²) in [7, 11) is 0. The molecule has 0 aliphatic rings. The van der Waals surface area contributed by atoms with Gasteiger partial charge in [-0.1, -0.05) is 13.3 Å². The van der Waals surface area contributed by atoms with Crippen LogP contribution < -0.4 is 4.74 Å². The van der Waals surface area contributed by atoms with Crippen LogP contribution >= 0.6 is 15.9 Å². The molecule has 0 radical (unpaired) electrons. The summed E-state index contributed by atoms with van der Waals surface area (Å²) in [6.45, 7) is 2.25. The maximum atomic E-state index is 11.1. The van der Waals surface area contributed by atoms with E-state index >= 15 is 0 Å². The van der Waals surface area contributed by atoms with Gasteiger partial charge in [0.1, 0.15) is 0 Å². The van der Waals surface area contributed by atoms with E-state index in [1.54, 1.807) is 0 Å². The Balaban J connectivity index is 3.31. The van der Waals surface area contributed by atoms with Gasteiger partial charge in [-0.2, -0.15) is 0 Å². The van der Waals surface area contributed by atoms with Gasteiger partial charge in [-0.15, -0.1) is 0 Å². The normalized spacial score (nSPS) is 10.2. The molecular formula is C12H13BrO6. The van der Waals surface area contributed by atoms with Gasteiger partial charge in [0, 0.05) is 0 Å². The molecule has 0 heterocycles. The largest absolute Gasteiger partial charge is 0.504 e. The van der Waals surface area contributed by atoms with Gasteiger partial charge in [0.05, 0.1) is 22.2 Å². The topological polar surface area (TPSA) is 104 Å². The van der Waals surface area contributed by atoms with Gasteiger partial charge in [-0.25, -0.2) is 9.59 Å². The number of halogens is 1. The van der Waals surface area contributed by atoms with Gasteiger partial charge in [0.15, 0.2) is 11.5 Å². The number of aromatic carboxylic acids is 2. The first-order chi connectivity index (χ1) is 8.90. The van der Waals surface area contributed by atoms with E-state index in [1.165, 1.54) is 0 Å². The van der Waals surface area contributed by atoms with Crippen LogP contribution in [0.1, 0.15) is 40.5 Å². The maximum absolute atomic E-state index is 11.1. The van der Waals surface area contributed by atoms with Crippen molar-refractivity contribution in [2.24, 2.45) is 0 Å². The number of carboxylic acids is 2. The zero-order valence-corrected chi connectivity index (χ0v) is 11.7. The van der Waals surface area contributed by atoms with Crippen LogP contribution in [0.4, 0.5) is 0 Å². The molecule has 0 saturated heterocycles. The van der Waals surface area contributed by atoms with Crippen LogP contribution in [0.25, 0.3) is 0 Å². The third kappa shape index (κ3) is 3.37. The molecule has 1 aromatic carbocycles. The van der Waals surface area contributed by atoms with Crippen LogP contribution in [0.5, 0.6) is 11.5 Å². The minimum absolute atomic E-state index is 0.0594. The van der Waals surface area contributed by atoms with Crippen molar-refractivity contribution in [3.63, 3.8) is 0 Å². The molecule has 104 valence electrons. The molecule has 19 heavy (non-hydrogen) atoms. The average Bonchev–Trinajstić information content (AvgIpc) is 2.31. The van der Waals surface area contributed by atoms with Gasteiger partial charge in [0.25, 0.3) is 0 Å². The molecule has 1 aromatic rings. The summed E-state index contributed by atoms with van der Waals surface area (Å²) in [6.07, 6.45) is 1.60. The number of unbranched alkanes of at least 4 members (excludes halogenated alkanes) is 1. The van der Waals surface area contributed by atoms with Gasteiger partial charge in [-0.3, -0.25) is 0 Å². The molecule has 1 rings (SSSR count). The van der Waals surface area contributed by atoms with Gasteiger partial charge in [0.2, 0.25) is 0 Å². The number of rotatable bonds is 6. The Kier molecular flexibility index (Phi) is 5.17. The lowest BCUT2D eigenvalue weighted by Gasteiger charge is -2.13. The van der Waals surface area contributed by atoms with E-state index in [1.807, 2.05) is 6.92 Å². The summed E-state index contributed by atoms with van der Waals surface area (Å²) in [6, 6.07) is 0.873. The molecule has 0 aromatic heterocycles. The monoisotopic (exact) mass is 332 g/mol. The molecule has 0 amide bonds. The molecule has 0 saturated carbocycles. The minimum atomic E-state index is -1.44. The molecule has 0 aliphatic heterocycles. The maximum Gasteiger partial charge on any atom is 0.337 e. The van der Waals surface area contributed by atoms with Crippen LogP contribution in [0, 0.1) is 0 Å². The van der Waals surface area contributed by atoms with Crippen molar-refractivity contribution in [2.75, 3.05) is 6.61 Å². The molecular weight excluding hydrogens is 320 g/mol. The second-order valence-corrected chi connectivity index (χ2v) is 4.57. The van der Waals surface area contributed by atoms with Crippen molar-refractivity contribution in [1.82, 2.24) is 0 Å².